The minimum Gasteiger partial charge on any atom is -0.756 e. The van der Waals surface area contributed by atoms with E-state index in [1.165, 1.54) is 70.6 Å². The fourth-order valence-electron chi connectivity index (χ4n) is 4.45. The van der Waals surface area contributed by atoms with Crippen LogP contribution >= 0.6 is 7.82 Å². The fraction of sp³-hybridized carbons (Fsp3) is 0.967. The summed E-state index contributed by atoms with van der Waals surface area (Å²) in [5.41, 5.74) is 0. The summed E-state index contributed by atoms with van der Waals surface area (Å²) in [6.45, 7) is 4.62. The molecule has 0 aromatic carbocycles. The van der Waals surface area contributed by atoms with Gasteiger partial charge in [0.05, 0.1) is 39.9 Å². The summed E-state index contributed by atoms with van der Waals surface area (Å²) in [6.07, 6.45) is 19.7. The largest absolute Gasteiger partial charge is 0.756 e. The van der Waals surface area contributed by atoms with Gasteiger partial charge in [-0.05, 0) is 12.8 Å². The molecule has 0 spiro atoms. The highest BCUT2D eigenvalue weighted by molar-refractivity contribution is 7.45. The standard InChI is InChI=1S/C30H63N2O6P/c1-6-8-10-12-14-15-16-18-19-21-23-29(33)28(27-38-39(35,36)37-26-25-32(3,4)5)31-30(34)24-22-20-17-13-11-9-7-2/h28-29,33H,6-27H2,1-5H3,(H-,31,34,35,36)/t28-,29+/m0/s1. The zero-order valence-electron chi connectivity index (χ0n) is 26.1. The van der Waals surface area contributed by atoms with Gasteiger partial charge in [0.1, 0.15) is 13.2 Å². The van der Waals surface area contributed by atoms with Crippen LogP contribution < -0.4 is 10.2 Å². The van der Waals surface area contributed by atoms with Crippen molar-refractivity contribution < 1.29 is 32.9 Å². The number of amides is 1. The second-order valence-electron chi connectivity index (χ2n) is 12.2. The molecule has 1 amide bonds. The van der Waals surface area contributed by atoms with E-state index >= 15 is 0 Å². The summed E-state index contributed by atoms with van der Waals surface area (Å²) in [4.78, 5) is 24.9. The van der Waals surface area contributed by atoms with E-state index < -0.39 is 20.0 Å². The highest BCUT2D eigenvalue weighted by Gasteiger charge is 2.24. The predicted molar refractivity (Wildman–Crippen MR) is 159 cm³/mol. The lowest BCUT2D eigenvalue weighted by atomic mass is 10.0. The van der Waals surface area contributed by atoms with Gasteiger partial charge in [0, 0.05) is 6.42 Å². The number of quaternary nitrogens is 1. The maximum Gasteiger partial charge on any atom is 0.268 e. The van der Waals surface area contributed by atoms with Gasteiger partial charge in [0.15, 0.2) is 0 Å². The lowest BCUT2D eigenvalue weighted by molar-refractivity contribution is -0.870. The number of carbonyl (C=O) groups is 1. The minimum absolute atomic E-state index is 0.0146. The van der Waals surface area contributed by atoms with E-state index in [4.69, 9.17) is 9.05 Å². The number of phosphoric ester groups is 1. The number of rotatable bonds is 28. The third-order valence-electron chi connectivity index (χ3n) is 7.10. The van der Waals surface area contributed by atoms with Crippen LogP contribution in [-0.4, -0.2) is 68.5 Å². The number of unbranched alkanes of at least 4 members (excludes halogenated alkanes) is 15. The molecule has 3 atom stereocenters. The SMILES string of the molecule is CCCCCCCCCCCC[C@@H](O)[C@H](COP(=O)([O-])OCC[N+](C)(C)C)NC(=O)CCCCCCCCC. The Morgan fingerprint density at radius 3 is 1.74 bits per heavy atom. The molecular weight excluding hydrogens is 515 g/mol. The Morgan fingerprint density at radius 2 is 1.26 bits per heavy atom. The normalized spacial score (nSPS) is 15.2. The molecule has 39 heavy (non-hydrogen) atoms. The van der Waals surface area contributed by atoms with Crippen LogP contribution in [0.1, 0.15) is 136 Å². The van der Waals surface area contributed by atoms with E-state index in [0.717, 1.165) is 38.5 Å². The van der Waals surface area contributed by atoms with Gasteiger partial charge in [-0.25, -0.2) is 0 Å². The van der Waals surface area contributed by atoms with Crippen LogP contribution in [0.3, 0.4) is 0 Å². The lowest BCUT2D eigenvalue weighted by Gasteiger charge is -2.30. The van der Waals surface area contributed by atoms with Gasteiger partial charge >= 0.3 is 0 Å². The number of phosphoric acid groups is 1. The number of nitrogens with zero attached hydrogens (tertiary/aromatic N) is 1. The van der Waals surface area contributed by atoms with Gasteiger partial charge in [-0.3, -0.25) is 9.36 Å². The third kappa shape index (κ3) is 26.2. The monoisotopic (exact) mass is 578 g/mol. The molecule has 0 aromatic heterocycles. The van der Waals surface area contributed by atoms with Crippen molar-refractivity contribution in [3.63, 3.8) is 0 Å². The molecule has 8 nitrogen and oxygen atoms in total. The van der Waals surface area contributed by atoms with Gasteiger partial charge < -0.3 is 28.8 Å². The number of carbonyl (C=O) groups excluding carboxylic acids is 1. The van der Waals surface area contributed by atoms with Crippen LogP contribution in [0.5, 0.6) is 0 Å². The Kier molecular flexibility index (Phi) is 23.8. The number of hydrogen-bond donors (Lipinski definition) is 2. The molecule has 2 N–H and O–H groups in total. The Morgan fingerprint density at radius 1 is 0.795 bits per heavy atom. The molecule has 0 rings (SSSR count). The van der Waals surface area contributed by atoms with Crippen LogP contribution in [0, 0.1) is 0 Å². The molecule has 0 fully saturated rings. The molecule has 0 aliphatic carbocycles. The van der Waals surface area contributed by atoms with E-state index in [2.05, 4.69) is 19.2 Å². The maximum absolute atomic E-state index is 12.6. The molecule has 0 saturated heterocycles. The second kappa shape index (κ2) is 24.1. The number of aliphatic hydroxyl groups is 1. The summed E-state index contributed by atoms with van der Waals surface area (Å²) in [5, 5.41) is 13.7. The summed E-state index contributed by atoms with van der Waals surface area (Å²) in [7, 11) is 1.30. The second-order valence-corrected chi connectivity index (χ2v) is 13.6. The number of nitrogens with one attached hydrogen (secondary N) is 1. The number of hydrogen-bond acceptors (Lipinski definition) is 6. The molecule has 0 heterocycles. The van der Waals surface area contributed by atoms with E-state index in [9.17, 15) is 19.4 Å². The first-order valence-corrected chi connectivity index (χ1v) is 17.3. The first-order valence-electron chi connectivity index (χ1n) is 15.9. The fourth-order valence-corrected chi connectivity index (χ4v) is 5.17. The van der Waals surface area contributed by atoms with Crippen molar-refractivity contribution in [3.05, 3.63) is 0 Å². The zero-order chi connectivity index (χ0) is 29.4. The smallest absolute Gasteiger partial charge is 0.268 e. The third-order valence-corrected chi connectivity index (χ3v) is 8.06. The van der Waals surface area contributed by atoms with E-state index in [1.54, 1.807) is 0 Å². The average Bonchev–Trinajstić information content (AvgIpc) is 2.86. The van der Waals surface area contributed by atoms with E-state index in [-0.39, 0.29) is 19.1 Å². The Balaban J connectivity index is 4.57. The predicted octanol–water partition coefficient (Wildman–Crippen LogP) is 6.49. The van der Waals surface area contributed by atoms with E-state index in [1.807, 2.05) is 21.1 Å². The van der Waals surface area contributed by atoms with Gasteiger partial charge in [-0.15, -0.1) is 0 Å². The van der Waals surface area contributed by atoms with Gasteiger partial charge in [-0.2, -0.15) is 0 Å². The van der Waals surface area contributed by atoms with Gasteiger partial charge in [0.2, 0.25) is 5.91 Å². The topological polar surface area (TPSA) is 108 Å². The molecule has 1 unspecified atom stereocenters. The minimum atomic E-state index is -4.53. The molecule has 0 aliphatic rings. The van der Waals surface area contributed by atoms with Crippen molar-refractivity contribution in [2.75, 3.05) is 40.9 Å². The average molecular weight is 579 g/mol. The first-order chi connectivity index (χ1) is 18.5. The molecule has 0 saturated carbocycles. The van der Waals surface area contributed by atoms with Crippen molar-refractivity contribution in [3.8, 4) is 0 Å². The summed E-state index contributed by atoms with van der Waals surface area (Å²) in [5.74, 6) is -0.175. The highest BCUT2D eigenvalue weighted by Crippen LogP contribution is 2.38. The molecule has 234 valence electrons. The van der Waals surface area contributed by atoms with Crippen LogP contribution in [-0.2, 0) is 18.4 Å². The Labute approximate surface area is 240 Å². The molecule has 0 radical (unpaired) electrons. The van der Waals surface area contributed by atoms with E-state index in [0.29, 0.717) is 23.9 Å². The Hall–Kier alpha value is -0.500. The molecular formula is C30H63N2O6P. The molecule has 0 aliphatic heterocycles. The molecule has 9 heteroatoms. The highest BCUT2D eigenvalue weighted by atomic mass is 31.2. The van der Waals surface area contributed by atoms with Crippen LogP contribution in [0.15, 0.2) is 0 Å². The molecule has 0 bridgehead atoms. The van der Waals surface area contributed by atoms with Gasteiger partial charge in [0.25, 0.3) is 7.82 Å². The number of aliphatic hydroxyl groups excluding tert-OH is 1. The first kappa shape index (κ1) is 38.5. The zero-order valence-corrected chi connectivity index (χ0v) is 27.0. The quantitative estimate of drug-likeness (QED) is 0.0624. The van der Waals surface area contributed by atoms with Crippen LogP contribution in [0.25, 0.3) is 0 Å². The van der Waals surface area contributed by atoms with Crippen molar-refractivity contribution in [2.45, 2.75) is 148 Å². The van der Waals surface area contributed by atoms with Crippen molar-refractivity contribution in [1.82, 2.24) is 5.32 Å². The van der Waals surface area contributed by atoms with Crippen molar-refractivity contribution in [2.24, 2.45) is 0 Å². The van der Waals surface area contributed by atoms with Crippen molar-refractivity contribution in [1.29, 1.82) is 0 Å². The summed E-state index contributed by atoms with van der Waals surface area (Å²) in [6, 6.07) is -0.787. The summed E-state index contributed by atoms with van der Waals surface area (Å²) >= 11 is 0. The molecule has 0 aromatic rings. The Bertz CT molecular complexity index is 629. The maximum atomic E-state index is 12.6. The van der Waals surface area contributed by atoms with Crippen LogP contribution in [0.2, 0.25) is 0 Å². The summed E-state index contributed by atoms with van der Waals surface area (Å²) < 4.78 is 22.9. The van der Waals surface area contributed by atoms with Crippen molar-refractivity contribution >= 4 is 13.7 Å². The number of likely N-dealkylation sites (N-methyl/N-ethyl adjacent to an activating group) is 1. The van der Waals surface area contributed by atoms with Crippen LogP contribution in [0.4, 0.5) is 0 Å². The van der Waals surface area contributed by atoms with Gasteiger partial charge in [-0.1, -0.05) is 117 Å². The lowest BCUT2D eigenvalue weighted by Crippen LogP contribution is -2.46.